The summed E-state index contributed by atoms with van der Waals surface area (Å²) >= 11 is 0. The van der Waals surface area contributed by atoms with Crippen LogP contribution in [0.25, 0.3) is 11.3 Å². The fraction of sp³-hybridized carbons (Fsp3) is 0.333. The van der Waals surface area contributed by atoms with Crippen LogP contribution in [0.4, 0.5) is 0 Å². The van der Waals surface area contributed by atoms with Crippen molar-refractivity contribution < 1.29 is 9.53 Å². The van der Waals surface area contributed by atoms with Crippen molar-refractivity contribution >= 4 is 12.1 Å². The molecule has 0 aliphatic heterocycles. The number of rotatable bonds is 12. The highest BCUT2D eigenvalue weighted by Crippen LogP contribution is 2.21. The van der Waals surface area contributed by atoms with Gasteiger partial charge in [0, 0.05) is 11.8 Å². The van der Waals surface area contributed by atoms with Gasteiger partial charge in [-0.05, 0) is 48.9 Å². The largest absolute Gasteiger partial charge is 0.494 e. The molecule has 0 unspecified atom stereocenters. The van der Waals surface area contributed by atoms with Crippen molar-refractivity contribution in [2.24, 2.45) is 5.10 Å². The summed E-state index contributed by atoms with van der Waals surface area (Å²) in [5.74, 6) is 0.472. The number of amides is 1. The molecule has 7 heteroatoms. The third-order valence-electron chi connectivity index (χ3n) is 4.79. The minimum absolute atomic E-state index is 0.330. The SMILES string of the molecule is CCCCCCCCOc1ccc(-c2cc(C(=O)N/N=C/c3ccccn3)[nH]n2)cc1. The molecule has 2 aromatic heterocycles. The molecule has 0 saturated carbocycles. The summed E-state index contributed by atoms with van der Waals surface area (Å²) in [7, 11) is 0. The van der Waals surface area contributed by atoms with E-state index in [4.69, 9.17) is 4.74 Å². The Hall–Kier alpha value is -3.48. The zero-order valence-electron chi connectivity index (χ0n) is 17.9. The van der Waals surface area contributed by atoms with E-state index in [0.29, 0.717) is 17.1 Å². The van der Waals surface area contributed by atoms with Crippen molar-refractivity contribution in [2.75, 3.05) is 6.61 Å². The summed E-state index contributed by atoms with van der Waals surface area (Å²) in [5.41, 5.74) is 5.04. The molecule has 0 radical (unpaired) electrons. The van der Waals surface area contributed by atoms with Gasteiger partial charge in [-0.15, -0.1) is 0 Å². The van der Waals surface area contributed by atoms with Crippen molar-refractivity contribution in [3.63, 3.8) is 0 Å². The van der Waals surface area contributed by atoms with Gasteiger partial charge in [-0.3, -0.25) is 14.9 Å². The highest BCUT2D eigenvalue weighted by Gasteiger charge is 2.10. The summed E-state index contributed by atoms with van der Waals surface area (Å²) in [6.45, 7) is 2.96. The van der Waals surface area contributed by atoms with Crippen LogP contribution >= 0.6 is 0 Å². The van der Waals surface area contributed by atoms with Crippen molar-refractivity contribution in [1.29, 1.82) is 0 Å². The second-order valence-corrected chi connectivity index (χ2v) is 7.26. The maximum absolute atomic E-state index is 12.2. The molecule has 0 fully saturated rings. The summed E-state index contributed by atoms with van der Waals surface area (Å²) in [6.07, 6.45) is 10.6. The fourth-order valence-corrected chi connectivity index (χ4v) is 3.05. The Morgan fingerprint density at radius 2 is 1.90 bits per heavy atom. The molecule has 0 saturated heterocycles. The molecule has 3 rings (SSSR count). The lowest BCUT2D eigenvalue weighted by Gasteiger charge is -2.06. The number of nitrogens with one attached hydrogen (secondary N) is 2. The summed E-state index contributed by atoms with van der Waals surface area (Å²) in [5, 5.41) is 10.9. The van der Waals surface area contributed by atoms with Crippen LogP contribution in [0.5, 0.6) is 5.75 Å². The number of aromatic nitrogens is 3. The Labute approximate surface area is 183 Å². The summed E-state index contributed by atoms with van der Waals surface area (Å²) in [4.78, 5) is 16.3. The third kappa shape index (κ3) is 7.37. The topological polar surface area (TPSA) is 92.3 Å². The lowest BCUT2D eigenvalue weighted by atomic mass is 10.1. The lowest BCUT2D eigenvalue weighted by molar-refractivity contribution is 0.0950. The van der Waals surface area contributed by atoms with E-state index in [-0.39, 0.29) is 5.91 Å². The predicted octanol–water partition coefficient (Wildman–Crippen LogP) is 4.97. The fourth-order valence-electron chi connectivity index (χ4n) is 3.05. The Kier molecular flexibility index (Phi) is 8.79. The van der Waals surface area contributed by atoms with Crippen molar-refractivity contribution in [3.05, 3.63) is 66.1 Å². The van der Waals surface area contributed by atoms with E-state index >= 15 is 0 Å². The molecule has 1 amide bonds. The number of ether oxygens (including phenoxy) is 1. The van der Waals surface area contributed by atoms with Crippen LogP contribution < -0.4 is 10.2 Å². The maximum atomic E-state index is 12.2. The summed E-state index contributed by atoms with van der Waals surface area (Å²) in [6, 6.07) is 14.9. The van der Waals surface area contributed by atoms with E-state index in [1.165, 1.54) is 38.3 Å². The van der Waals surface area contributed by atoms with Crippen LogP contribution in [-0.2, 0) is 0 Å². The Morgan fingerprint density at radius 3 is 2.68 bits per heavy atom. The standard InChI is InChI=1S/C24H29N5O2/c1-2-3-4-5-6-9-16-31-21-13-11-19(12-14-21)22-17-23(28-27-22)24(30)29-26-18-20-10-7-8-15-25-20/h7-8,10-15,17-18H,2-6,9,16H2,1H3,(H,27,28)(H,29,30)/b26-18+. The number of hydrogen-bond donors (Lipinski definition) is 2. The predicted molar refractivity (Wildman–Crippen MR) is 122 cm³/mol. The first kappa shape index (κ1) is 22.2. The molecule has 1 aromatic carbocycles. The number of hydrogen-bond acceptors (Lipinski definition) is 5. The van der Waals surface area contributed by atoms with E-state index in [1.54, 1.807) is 18.3 Å². The van der Waals surface area contributed by atoms with E-state index in [0.717, 1.165) is 24.3 Å². The summed E-state index contributed by atoms with van der Waals surface area (Å²) < 4.78 is 5.81. The third-order valence-corrected chi connectivity index (χ3v) is 4.79. The number of carbonyl (C=O) groups is 1. The number of pyridine rings is 1. The second kappa shape index (κ2) is 12.3. The highest BCUT2D eigenvalue weighted by molar-refractivity contribution is 5.94. The van der Waals surface area contributed by atoms with E-state index in [1.807, 2.05) is 36.4 Å². The number of H-pyrrole nitrogens is 1. The first-order valence-corrected chi connectivity index (χ1v) is 10.8. The van der Waals surface area contributed by atoms with Crippen molar-refractivity contribution in [1.82, 2.24) is 20.6 Å². The maximum Gasteiger partial charge on any atom is 0.289 e. The zero-order valence-corrected chi connectivity index (χ0v) is 17.9. The molecule has 0 bridgehead atoms. The van der Waals surface area contributed by atoms with Crippen LogP contribution in [0.1, 0.15) is 61.6 Å². The van der Waals surface area contributed by atoms with Crippen LogP contribution in [0, 0.1) is 0 Å². The Bertz CT molecular complexity index is 952. The van der Waals surface area contributed by atoms with E-state index < -0.39 is 0 Å². The van der Waals surface area contributed by atoms with Gasteiger partial charge in [0.05, 0.1) is 24.2 Å². The first-order valence-electron chi connectivity index (χ1n) is 10.8. The minimum atomic E-state index is -0.371. The number of hydrazone groups is 1. The molecule has 2 N–H and O–H groups in total. The van der Waals surface area contributed by atoms with Gasteiger partial charge < -0.3 is 4.74 Å². The molecule has 7 nitrogen and oxygen atoms in total. The van der Waals surface area contributed by atoms with Gasteiger partial charge in [0.1, 0.15) is 11.4 Å². The van der Waals surface area contributed by atoms with Gasteiger partial charge in [0.15, 0.2) is 0 Å². The molecule has 162 valence electrons. The zero-order chi connectivity index (χ0) is 21.7. The number of benzene rings is 1. The van der Waals surface area contributed by atoms with Gasteiger partial charge in [0.2, 0.25) is 0 Å². The van der Waals surface area contributed by atoms with Crippen LogP contribution in [0.15, 0.2) is 59.8 Å². The molecular weight excluding hydrogens is 390 g/mol. The van der Waals surface area contributed by atoms with E-state index in [2.05, 4.69) is 32.6 Å². The van der Waals surface area contributed by atoms with Crippen molar-refractivity contribution in [2.45, 2.75) is 45.4 Å². The van der Waals surface area contributed by atoms with Gasteiger partial charge in [-0.25, -0.2) is 5.43 Å². The quantitative estimate of drug-likeness (QED) is 0.246. The molecule has 0 atom stereocenters. The molecule has 0 aliphatic carbocycles. The van der Waals surface area contributed by atoms with Crippen LogP contribution in [-0.4, -0.2) is 33.9 Å². The van der Waals surface area contributed by atoms with Gasteiger partial charge in [-0.2, -0.15) is 10.2 Å². The average molecular weight is 420 g/mol. The lowest BCUT2D eigenvalue weighted by Crippen LogP contribution is -2.18. The number of carbonyl (C=O) groups excluding carboxylic acids is 1. The molecule has 3 aromatic rings. The molecule has 31 heavy (non-hydrogen) atoms. The average Bonchev–Trinajstić information content (AvgIpc) is 3.30. The van der Waals surface area contributed by atoms with Crippen LogP contribution in [0.2, 0.25) is 0 Å². The molecule has 2 heterocycles. The molecule has 0 spiro atoms. The number of aromatic amines is 1. The number of nitrogens with zero attached hydrogens (tertiary/aromatic N) is 3. The van der Waals surface area contributed by atoms with Crippen LogP contribution in [0.3, 0.4) is 0 Å². The van der Waals surface area contributed by atoms with Gasteiger partial charge in [0.25, 0.3) is 5.91 Å². The van der Waals surface area contributed by atoms with Crippen molar-refractivity contribution in [3.8, 4) is 17.0 Å². The number of unbranched alkanes of at least 4 members (excludes halogenated alkanes) is 5. The van der Waals surface area contributed by atoms with E-state index in [9.17, 15) is 4.79 Å². The van der Waals surface area contributed by atoms with Gasteiger partial charge in [-0.1, -0.05) is 45.1 Å². The Balaban J connectivity index is 1.45. The monoisotopic (exact) mass is 419 g/mol. The molecule has 0 aliphatic rings. The van der Waals surface area contributed by atoms with Gasteiger partial charge >= 0.3 is 0 Å². The normalized spacial score (nSPS) is 11.0. The Morgan fingerprint density at radius 1 is 1.10 bits per heavy atom. The first-order chi connectivity index (χ1) is 15.3. The highest BCUT2D eigenvalue weighted by atomic mass is 16.5. The second-order valence-electron chi connectivity index (χ2n) is 7.26. The molecular formula is C24H29N5O2. The smallest absolute Gasteiger partial charge is 0.289 e. The minimum Gasteiger partial charge on any atom is -0.494 e.